The number of hydrogen-bond donors (Lipinski definition) is 0. The van der Waals surface area contributed by atoms with E-state index in [9.17, 15) is 4.79 Å². The van der Waals surface area contributed by atoms with Crippen molar-refractivity contribution in [3.63, 3.8) is 0 Å². The van der Waals surface area contributed by atoms with Crippen LogP contribution in [0.1, 0.15) is 30.1 Å². The summed E-state index contributed by atoms with van der Waals surface area (Å²) in [5.41, 5.74) is 2.97. The van der Waals surface area contributed by atoms with Gasteiger partial charge in [0.1, 0.15) is 11.3 Å². The number of benzene rings is 1. The third kappa shape index (κ3) is 3.80. The average Bonchev–Trinajstić information content (AvgIpc) is 3.18. The molecule has 132 valence electrons. The molecule has 0 radical (unpaired) electrons. The number of piperidine rings is 1. The van der Waals surface area contributed by atoms with E-state index in [1.165, 1.54) is 0 Å². The molecule has 0 N–H and O–H groups in total. The minimum Gasteiger partial charge on any atom is -0.342 e. The number of likely N-dealkylation sites (tertiary alicyclic amines) is 1. The maximum atomic E-state index is 12.7. The minimum absolute atomic E-state index is 0.147. The van der Waals surface area contributed by atoms with E-state index >= 15 is 0 Å². The van der Waals surface area contributed by atoms with Crippen LogP contribution in [0.15, 0.2) is 54.3 Å². The van der Waals surface area contributed by atoms with Crippen LogP contribution in [0.3, 0.4) is 0 Å². The second kappa shape index (κ2) is 7.74. The van der Waals surface area contributed by atoms with Crippen LogP contribution in [0, 0.1) is 0 Å². The number of nitrogens with zero attached hydrogens (tertiary/aromatic N) is 4. The van der Waals surface area contributed by atoms with Gasteiger partial charge >= 0.3 is 0 Å². The molecule has 0 unspecified atom stereocenters. The molecule has 0 saturated carbocycles. The molecule has 3 aromatic rings. The summed E-state index contributed by atoms with van der Waals surface area (Å²) < 4.78 is 0. The van der Waals surface area contributed by atoms with E-state index in [1.54, 1.807) is 23.9 Å². The Labute approximate surface area is 156 Å². The molecule has 1 aliphatic rings. The van der Waals surface area contributed by atoms with E-state index in [-0.39, 0.29) is 5.91 Å². The lowest BCUT2D eigenvalue weighted by atomic mass is 9.94. The monoisotopic (exact) mass is 364 g/mol. The molecule has 0 aliphatic carbocycles. The van der Waals surface area contributed by atoms with Crippen molar-refractivity contribution in [3.05, 3.63) is 65.7 Å². The Kier molecular flexibility index (Phi) is 5.02. The van der Waals surface area contributed by atoms with Crippen LogP contribution < -0.4 is 0 Å². The summed E-state index contributed by atoms with van der Waals surface area (Å²) in [7, 11) is 0. The highest BCUT2D eigenvalue weighted by molar-refractivity contribution is 7.13. The lowest BCUT2D eigenvalue weighted by molar-refractivity contribution is -0.131. The van der Waals surface area contributed by atoms with Crippen LogP contribution in [0.4, 0.5) is 0 Å². The van der Waals surface area contributed by atoms with E-state index in [4.69, 9.17) is 0 Å². The number of amides is 1. The van der Waals surface area contributed by atoms with E-state index in [0.717, 1.165) is 47.9 Å². The summed E-state index contributed by atoms with van der Waals surface area (Å²) in [6.45, 7) is 1.54. The second-order valence-corrected chi connectivity index (χ2v) is 7.36. The average molecular weight is 364 g/mol. The molecule has 1 saturated heterocycles. The summed E-state index contributed by atoms with van der Waals surface area (Å²) in [5.74, 6) is 0.444. The number of aromatic nitrogens is 3. The zero-order valence-corrected chi connectivity index (χ0v) is 15.2. The van der Waals surface area contributed by atoms with Crippen molar-refractivity contribution in [2.24, 2.45) is 0 Å². The highest BCUT2D eigenvalue weighted by Gasteiger charge is 2.26. The fraction of sp³-hybridized carbons (Fsp3) is 0.300. The van der Waals surface area contributed by atoms with Gasteiger partial charge in [0.25, 0.3) is 0 Å². The molecule has 5 nitrogen and oxygen atoms in total. The maximum absolute atomic E-state index is 12.7. The summed E-state index contributed by atoms with van der Waals surface area (Å²) >= 11 is 1.59. The molecule has 0 spiro atoms. The van der Waals surface area contributed by atoms with Crippen molar-refractivity contribution in [2.45, 2.75) is 25.2 Å². The maximum Gasteiger partial charge on any atom is 0.228 e. The van der Waals surface area contributed by atoms with Gasteiger partial charge < -0.3 is 4.90 Å². The Hall–Kier alpha value is -2.60. The van der Waals surface area contributed by atoms with Crippen LogP contribution in [0.5, 0.6) is 0 Å². The van der Waals surface area contributed by atoms with Gasteiger partial charge in [0.2, 0.25) is 5.91 Å². The molecule has 3 heterocycles. The second-order valence-electron chi connectivity index (χ2n) is 6.50. The van der Waals surface area contributed by atoms with Gasteiger partial charge in [-0.3, -0.25) is 4.79 Å². The SMILES string of the molecule is O=C(Cc1csc(-c2ccccc2)n1)N1CCC[C@@H](c2ccncn2)C1. The van der Waals surface area contributed by atoms with Crippen molar-refractivity contribution in [1.82, 2.24) is 19.9 Å². The summed E-state index contributed by atoms with van der Waals surface area (Å²) in [5, 5.41) is 2.96. The third-order valence-electron chi connectivity index (χ3n) is 4.70. The van der Waals surface area contributed by atoms with Crippen molar-refractivity contribution in [1.29, 1.82) is 0 Å². The molecule has 2 aromatic heterocycles. The summed E-state index contributed by atoms with van der Waals surface area (Å²) in [4.78, 5) is 27.7. The Balaban J connectivity index is 1.41. The van der Waals surface area contributed by atoms with Crippen molar-refractivity contribution >= 4 is 17.2 Å². The lowest BCUT2D eigenvalue weighted by Crippen LogP contribution is -2.40. The molecular weight excluding hydrogens is 344 g/mol. The Morgan fingerprint density at radius 1 is 1.23 bits per heavy atom. The quantitative estimate of drug-likeness (QED) is 0.710. The van der Waals surface area contributed by atoms with Crippen molar-refractivity contribution < 1.29 is 4.79 Å². The van der Waals surface area contributed by atoms with Crippen LogP contribution in [-0.4, -0.2) is 38.8 Å². The Morgan fingerprint density at radius 3 is 2.92 bits per heavy atom. The van der Waals surface area contributed by atoms with E-state index in [0.29, 0.717) is 12.3 Å². The standard InChI is InChI=1S/C20H20N4OS/c25-19(11-17-13-26-20(23-17)15-5-2-1-3-6-15)24-10-4-7-16(12-24)18-8-9-21-14-22-18/h1-3,5-6,8-9,13-14,16H,4,7,10-12H2/t16-/m1/s1. The summed E-state index contributed by atoms with van der Waals surface area (Å²) in [6, 6.07) is 12.0. The van der Waals surface area contributed by atoms with Gasteiger partial charge in [0.05, 0.1) is 12.1 Å². The molecule has 26 heavy (non-hydrogen) atoms. The van der Waals surface area contributed by atoms with E-state index < -0.39 is 0 Å². The van der Waals surface area contributed by atoms with Crippen molar-refractivity contribution in [3.8, 4) is 10.6 Å². The zero-order valence-electron chi connectivity index (χ0n) is 14.4. The molecule has 1 aliphatic heterocycles. The number of carbonyl (C=O) groups is 1. The molecule has 6 heteroatoms. The smallest absolute Gasteiger partial charge is 0.228 e. The van der Waals surface area contributed by atoms with E-state index in [1.807, 2.05) is 46.7 Å². The first-order valence-electron chi connectivity index (χ1n) is 8.83. The Morgan fingerprint density at radius 2 is 2.12 bits per heavy atom. The first-order chi connectivity index (χ1) is 12.8. The molecular formula is C20H20N4OS. The number of carbonyl (C=O) groups excluding carboxylic acids is 1. The molecule has 1 amide bonds. The highest BCUT2D eigenvalue weighted by atomic mass is 32.1. The van der Waals surface area contributed by atoms with Gasteiger partial charge in [-0.2, -0.15) is 0 Å². The minimum atomic E-state index is 0.147. The molecule has 1 aromatic carbocycles. The lowest BCUT2D eigenvalue weighted by Gasteiger charge is -2.32. The molecule has 0 bridgehead atoms. The largest absolute Gasteiger partial charge is 0.342 e. The van der Waals surface area contributed by atoms with Crippen LogP contribution in [0.25, 0.3) is 10.6 Å². The highest BCUT2D eigenvalue weighted by Crippen LogP contribution is 2.27. The van der Waals surface area contributed by atoms with Gasteiger partial charge in [0.15, 0.2) is 0 Å². The first kappa shape index (κ1) is 16.8. The van der Waals surface area contributed by atoms with Gasteiger partial charge in [-0.25, -0.2) is 15.0 Å². The molecule has 1 atom stereocenters. The number of rotatable bonds is 4. The van der Waals surface area contributed by atoms with Crippen molar-refractivity contribution in [2.75, 3.05) is 13.1 Å². The fourth-order valence-corrected chi connectivity index (χ4v) is 4.18. The van der Waals surface area contributed by atoms with Gasteiger partial charge in [0, 0.05) is 41.8 Å². The van der Waals surface area contributed by atoms with Gasteiger partial charge in [-0.05, 0) is 18.9 Å². The Bertz CT molecular complexity index is 866. The zero-order chi connectivity index (χ0) is 17.8. The number of thiazole rings is 1. The molecule has 4 rings (SSSR count). The predicted molar refractivity (Wildman–Crippen MR) is 102 cm³/mol. The van der Waals surface area contributed by atoms with Crippen LogP contribution >= 0.6 is 11.3 Å². The van der Waals surface area contributed by atoms with Crippen LogP contribution in [0.2, 0.25) is 0 Å². The van der Waals surface area contributed by atoms with Gasteiger partial charge in [-0.1, -0.05) is 30.3 Å². The van der Waals surface area contributed by atoms with Gasteiger partial charge in [-0.15, -0.1) is 11.3 Å². The summed E-state index contributed by atoms with van der Waals surface area (Å²) in [6.07, 6.45) is 5.78. The normalized spacial score (nSPS) is 17.2. The number of hydrogen-bond acceptors (Lipinski definition) is 5. The third-order valence-corrected chi connectivity index (χ3v) is 5.64. The van der Waals surface area contributed by atoms with E-state index in [2.05, 4.69) is 15.0 Å². The predicted octanol–water partition coefficient (Wildman–Crippen LogP) is 3.55. The fourth-order valence-electron chi connectivity index (χ4n) is 3.36. The topological polar surface area (TPSA) is 59.0 Å². The van der Waals surface area contributed by atoms with Crippen LogP contribution in [-0.2, 0) is 11.2 Å². The molecule has 1 fully saturated rings. The first-order valence-corrected chi connectivity index (χ1v) is 9.71.